The van der Waals surface area contributed by atoms with E-state index in [2.05, 4.69) is 20.6 Å². The molecule has 2 aromatic heterocycles. The lowest BCUT2D eigenvalue weighted by Gasteiger charge is -2.09. The van der Waals surface area contributed by atoms with E-state index < -0.39 is 23.6 Å². The van der Waals surface area contributed by atoms with Gasteiger partial charge in [0, 0.05) is 25.0 Å². The van der Waals surface area contributed by atoms with E-state index in [0.29, 0.717) is 23.2 Å². The summed E-state index contributed by atoms with van der Waals surface area (Å²) in [5, 5.41) is 5.50. The van der Waals surface area contributed by atoms with Gasteiger partial charge in [-0.15, -0.1) is 0 Å². The maximum atomic E-state index is 12.5. The molecule has 0 radical (unpaired) electrons. The van der Waals surface area contributed by atoms with Gasteiger partial charge in [0.1, 0.15) is 11.5 Å². The van der Waals surface area contributed by atoms with Crippen LogP contribution in [0.4, 0.5) is 19.0 Å². The number of H-pyrrole nitrogens is 1. The second-order valence-electron chi connectivity index (χ2n) is 5.94. The van der Waals surface area contributed by atoms with Crippen LogP contribution in [0.2, 0.25) is 0 Å². The van der Waals surface area contributed by atoms with Crippen molar-refractivity contribution in [1.29, 1.82) is 0 Å². The minimum Gasteiger partial charge on any atom is -0.465 e. The van der Waals surface area contributed by atoms with Crippen molar-refractivity contribution >= 4 is 17.7 Å². The Morgan fingerprint density at radius 1 is 1.25 bits per heavy atom. The molecular weight excluding hydrogens is 377 g/mol. The molecule has 2 heterocycles. The van der Waals surface area contributed by atoms with E-state index in [4.69, 9.17) is 4.74 Å². The van der Waals surface area contributed by atoms with Crippen molar-refractivity contribution < 1.29 is 27.5 Å². The molecule has 0 aliphatic rings. The van der Waals surface area contributed by atoms with Gasteiger partial charge in [-0.05, 0) is 31.0 Å². The summed E-state index contributed by atoms with van der Waals surface area (Å²) in [6.07, 6.45) is -3.17. The van der Waals surface area contributed by atoms with Gasteiger partial charge in [0.15, 0.2) is 0 Å². The molecular formula is C18H21F3N4O3. The molecule has 0 atom stereocenters. The van der Waals surface area contributed by atoms with Crippen LogP contribution in [0.25, 0.3) is 0 Å². The van der Waals surface area contributed by atoms with Gasteiger partial charge in [-0.3, -0.25) is 4.79 Å². The summed E-state index contributed by atoms with van der Waals surface area (Å²) in [6.45, 7) is 3.96. The molecule has 0 saturated carbocycles. The lowest BCUT2D eigenvalue weighted by molar-refractivity contribution is -0.137. The van der Waals surface area contributed by atoms with E-state index in [1.54, 1.807) is 6.92 Å². The molecule has 7 nitrogen and oxygen atoms in total. The van der Waals surface area contributed by atoms with Gasteiger partial charge in [-0.2, -0.15) is 13.2 Å². The van der Waals surface area contributed by atoms with Gasteiger partial charge in [-0.25, -0.2) is 9.78 Å². The number of alkyl halides is 3. The van der Waals surface area contributed by atoms with Crippen molar-refractivity contribution in [3.05, 3.63) is 46.4 Å². The van der Waals surface area contributed by atoms with Gasteiger partial charge in [0.2, 0.25) is 0 Å². The van der Waals surface area contributed by atoms with Crippen LogP contribution in [0, 0.1) is 6.92 Å². The standard InChI is InChI=1S/C18H21F3N4O3/c1-4-12-14(17(27)28-3)10(2)15(25-12)16(26)23-8-7-22-13-6-5-11(9-24-13)18(19,20)21/h5-6,9,25H,4,7-8H2,1-3H3,(H,22,24)(H,23,26). The second kappa shape index (κ2) is 8.77. The van der Waals surface area contributed by atoms with Crippen molar-refractivity contribution in [3.8, 4) is 0 Å². The zero-order valence-corrected chi connectivity index (χ0v) is 15.7. The SMILES string of the molecule is CCc1[nH]c(C(=O)NCCNc2ccc(C(F)(F)F)cn2)c(C)c1C(=O)OC. The molecule has 2 aromatic rings. The van der Waals surface area contributed by atoms with Crippen molar-refractivity contribution in [2.75, 3.05) is 25.5 Å². The number of esters is 1. The minimum atomic E-state index is -4.44. The van der Waals surface area contributed by atoms with Crippen molar-refractivity contribution in [3.63, 3.8) is 0 Å². The number of amides is 1. The summed E-state index contributed by atoms with van der Waals surface area (Å²) in [5.41, 5.74) is 0.897. The van der Waals surface area contributed by atoms with E-state index in [1.807, 2.05) is 6.92 Å². The third-order valence-electron chi connectivity index (χ3n) is 4.11. The molecule has 0 aliphatic heterocycles. The molecule has 2 rings (SSSR count). The van der Waals surface area contributed by atoms with Gasteiger partial charge >= 0.3 is 12.1 Å². The average molecular weight is 398 g/mol. The van der Waals surface area contributed by atoms with Crippen LogP contribution >= 0.6 is 0 Å². The van der Waals surface area contributed by atoms with E-state index in [1.165, 1.54) is 13.2 Å². The third kappa shape index (κ3) is 4.81. The van der Waals surface area contributed by atoms with Gasteiger partial charge in [0.05, 0.1) is 18.2 Å². The number of hydrogen-bond donors (Lipinski definition) is 3. The number of carbonyl (C=O) groups excluding carboxylic acids is 2. The minimum absolute atomic E-state index is 0.203. The van der Waals surface area contributed by atoms with Gasteiger partial charge < -0.3 is 20.4 Å². The van der Waals surface area contributed by atoms with Crippen LogP contribution in [0.1, 0.15) is 44.6 Å². The second-order valence-corrected chi connectivity index (χ2v) is 5.94. The Balaban J connectivity index is 1.93. The van der Waals surface area contributed by atoms with Crippen LogP contribution in [0.15, 0.2) is 18.3 Å². The first-order valence-corrected chi connectivity index (χ1v) is 8.54. The molecule has 28 heavy (non-hydrogen) atoms. The largest absolute Gasteiger partial charge is 0.465 e. The zero-order valence-electron chi connectivity index (χ0n) is 15.7. The number of nitrogens with zero attached hydrogens (tertiary/aromatic N) is 1. The highest BCUT2D eigenvalue weighted by Gasteiger charge is 2.30. The van der Waals surface area contributed by atoms with E-state index in [9.17, 15) is 22.8 Å². The molecule has 0 spiro atoms. The molecule has 10 heteroatoms. The molecule has 3 N–H and O–H groups in total. The monoisotopic (exact) mass is 398 g/mol. The Labute approximate surface area is 159 Å². The molecule has 152 valence electrons. The number of anilines is 1. The number of aromatic amines is 1. The molecule has 0 unspecified atom stereocenters. The number of pyridine rings is 1. The van der Waals surface area contributed by atoms with E-state index in [0.717, 1.165) is 12.3 Å². The number of rotatable bonds is 7. The van der Waals surface area contributed by atoms with Gasteiger partial charge in [-0.1, -0.05) is 6.92 Å². The highest BCUT2D eigenvalue weighted by molar-refractivity contribution is 6.00. The number of ether oxygens (including phenoxy) is 1. The molecule has 0 saturated heterocycles. The number of hydrogen-bond acceptors (Lipinski definition) is 5. The predicted octanol–water partition coefficient (Wildman–Crippen LogP) is 2.93. The smallest absolute Gasteiger partial charge is 0.417 e. The zero-order chi connectivity index (χ0) is 20.9. The molecule has 0 fully saturated rings. The number of carbonyl (C=O) groups is 2. The Hall–Kier alpha value is -3.04. The summed E-state index contributed by atoms with van der Waals surface area (Å²) in [6, 6.07) is 2.15. The van der Waals surface area contributed by atoms with E-state index in [-0.39, 0.29) is 24.6 Å². The fraction of sp³-hybridized carbons (Fsp3) is 0.389. The normalized spacial score (nSPS) is 11.2. The Morgan fingerprint density at radius 2 is 1.96 bits per heavy atom. The first-order chi connectivity index (χ1) is 13.2. The molecule has 0 bridgehead atoms. The topological polar surface area (TPSA) is 96.1 Å². The van der Waals surface area contributed by atoms with Crippen LogP contribution in [-0.2, 0) is 17.3 Å². The first kappa shape index (κ1) is 21.3. The summed E-state index contributed by atoms with van der Waals surface area (Å²) < 4.78 is 42.2. The maximum absolute atomic E-state index is 12.5. The lowest BCUT2D eigenvalue weighted by Crippen LogP contribution is -2.29. The summed E-state index contributed by atoms with van der Waals surface area (Å²) in [5.74, 6) is -0.649. The number of nitrogens with one attached hydrogen (secondary N) is 3. The number of methoxy groups -OCH3 is 1. The van der Waals surface area contributed by atoms with Gasteiger partial charge in [0.25, 0.3) is 5.91 Å². The molecule has 0 aliphatic carbocycles. The van der Waals surface area contributed by atoms with Crippen molar-refractivity contribution in [2.45, 2.75) is 26.4 Å². The number of halogens is 3. The van der Waals surface area contributed by atoms with Crippen LogP contribution in [0.5, 0.6) is 0 Å². The summed E-state index contributed by atoms with van der Waals surface area (Å²) in [7, 11) is 1.27. The Bertz CT molecular complexity index is 845. The highest BCUT2D eigenvalue weighted by atomic mass is 19.4. The Kier molecular flexibility index (Phi) is 6.66. The third-order valence-corrected chi connectivity index (χ3v) is 4.11. The number of aromatic nitrogens is 2. The lowest BCUT2D eigenvalue weighted by atomic mass is 10.1. The first-order valence-electron chi connectivity index (χ1n) is 8.54. The Morgan fingerprint density at radius 3 is 2.50 bits per heavy atom. The van der Waals surface area contributed by atoms with Crippen LogP contribution < -0.4 is 10.6 Å². The van der Waals surface area contributed by atoms with Crippen molar-refractivity contribution in [1.82, 2.24) is 15.3 Å². The molecule has 1 amide bonds. The molecule has 0 aromatic carbocycles. The van der Waals surface area contributed by atoms with E-state index >= 15 is 0 Å². The van der Waals surface area contributed by atoms with Crippen LogP contribution in [-0.4, -0.2) is 42.0 Å². The number of aryl methyl sites for hydroxylation is 1. The highest BCUT2D eigenvalue weighted by Crippen LogP contribution is 2.28. The fourth-order valence-electron chi connectivity index (χ4n) is 2.65. The summed E-state index contributed by atoms with van der Waals surface area (Å²) in [4.78, 5) is 30.9. The van der Waals surface area contributed by atoms with Crippen molar-refractivity contribution in [2.24, 2.45) is 0 Å². The summed E-state index contributed by atoms with van der Waals surface area (Å²) >= 11 is 0. The predicted molar refractivity (Wildman–Crippen MR) is 96.3 cm³/mol. The maximum Gasteiger partial charge on any atom is 0.417 e. The average Bonchev–Trinajstić information content (AvgIpc) is 3.00. The van der Waals surface area contributed by atoms with Crippen LogP contribution in [0.3, 0.4) is 0 Å². The quantitative estimate of drug-likeness (QED) is 0.492. The fourth-order valence-corrected chi connectivity index (χ4v) is 2.65.